The fourth-order valence-corrected chi connectivity index (χ4v) is 2.38. The molecular weight excluding hydrogens is 308 g/mol. The molecule has 0 spiro atoms. The van der Waals surface area contributed by atoms with Gasteiger partial charge in [0.25, 0.3) is 5.91 Å². The average Bonchev–Trinajstić information content (AvgIpc) is 3.27. The number of ether oxygens (including phenoxy) is 2. The number of benzene rings is 2. The van der Waals surface area contributed by atoms with Gasteiger partial charge in [0.15, 0.2) is 17.3 Å². The molecule has 2 N–H and O–H groups in total. The van der Waals surface area contributed by atoms with Crippen LogP contribution >= 0.6 is 0 Å². The van der Waals surface area contributed by atoms with Crippen LogP contribution in [0.25, 0.3) is 0 Å². The number of anilines is 3. The van der Waals surface area contributed by atoms with Crippen LogP contribution in [0, 0.1) is 0 Å². The first-order chi connectivity index (χ1) is 11.8. The van der Waals surface area contributed by atoms with Crippen LogP contribution in [0.5, 0.6) is 11.5 Å². The van der Waals surface area contributed by atoms with Gasteiger partial charge in [-0.2, -0.15) is 0 Å². The van der Waals surface area contributed by atoms with E-state index in [0.717, 1.165) is 22.9 Å². The lowest BCUT2D eigenvalue weighted by Crippen LogP contribution is -2.10. The van der Waals surface area contributed by atoms with Crippen molar-refractivity contribution in [1.82, 2.24) is 0 Å². The first-order valence-electron chi connectivity index (χ1n) is 7.39. The molecule has 6 nitrogen and oxygen atoms in total. The summed E-state index contributed by atoms with van der Waals surface area (Å²) in [5.74, 6) is 1.47. The molecule has 0 aliphatic carbocycles. The van der Waals surface area contributed by atoms with Gasteiger partial charge in [0, 0.05) is 23.1 Å². The lowest BCUT2D eigenvalue weighted by Gasteiger charge is -2.09. The fraction of sp³-hybridized carbons (Fsp3) is 0.0556. The Labute approximate surface area is 138 Å². The number of fused-ring (bicyclic) bond motifs is 1. The second kappa shape index (κ2) is 6.00. The minimum atomic E-state index is -0.281. The maximum absolute atomic E-state index is 11.9. The molecule has 0 fully saturated rings. The topological polar surface area (TPSA) is 72.7 Å². The quantitative estimate of drug-likeness (QED) is 0.759. The molecule has 0 bridgehead atoms. The van der Waals surface area contributed by atoms with Crippen LogP contribution in [0.3, 0.4) is 0 Å². The molecule has 2 aromatic carbocycles. The molecule has 4 rings (SSSR count). The van der Waals surface area contributed by atoms with Crippen molar-refractivity contribution in [2.75, 3.05) is 17.4 Å². The number of amides is 1. The second-order valence-corrected chi connectivity index (χ2v) is 5.20. The normalized spacial score (nSPS) is 12.0. The highest BCUT2D eigenvalue weighted by atomic mass is 16.7. The Kier molecular flexibility index (Phi) is 3.55. The number of hydrogen-bond acceptors (Lipinski definition) is 5. The molecule has 2 heterocycles. The van der Waals surface area contributed by atoms with Gasteiger partial charge in [-0.3, -0.25) is 4.79 Å². The summed E-state index contributed by atoms with van der Waals surface area (Å²) in [7, 11) is 0. The first-order valence-corrected chi connectivity index (χ1v) is 7.39. The number of furan rings is 1. The lowest BCUT2D eigenvalue weighted by molar-refractivity contribution is 0.0996. The molecule has 0 saturated heterocycles. The van der Waals surface area contributed by atoms with Gasteiger partial charge in [0.2, 0.25) is 6.79 Å². The monoisotopic (exact) mass is 322 g/mol. The predicted molar refractivity (Wildman–Crippen MR) is 89.0 cm³/mol. The second-order valence-electron chi connectivity index (χ2n) is 5.20. The van der Waals surface area contributed by atoms with E-state index in [1.165, 1.54) is 6.26 Å². The predicted octanol–water partition coefficient (Wildman–Crippen LogP) is 4.00. The van der Waals surface area contributed by atoms with Crippen LogP contribution in [-0.2, 0) is 0 Å². The zero-order valence-corrected chi connectivity index (χ0v) is 12.6. The van der Waals surface area contributed by atoms with Crippen molar-refractivity contribution in [1.29, 1.82) is 0 Å². The third-order valence-electron chi connectivity index (χ3n) is 3.55. The molecule has 1 aromatic heterocycles. The fourth-order valence-electron chi connectivity index (χ4n) is 2.38. The van der Waals surface area contributed by atoms with E-state index in [0.29, 0.717) is 5.69 Å². The van der Waals surface area contributed by atoms with Gasteiger partial charge in [-0.25, -0.2) is 0 Å². The van der Waals surface area contributed by atoms with E-state index in [2.05, 4.69) is 10.6 Å². The molecule has 0 unspecified atom stereocenters. The van der Waals surface area contributed by atoms with Crippen molar-refractivity contribution in [2.45, 2.75) is 0 Å². The molecule has 1 amide bonds. The van der Waals surface area contributed by atoms with Gasteiger partial charge < -0.3 is 24.5 Å². The molecule has 24 heavy (non-hydrogen) atoms. The summed E-state index contributed by atoms with van der Waals surface area (Å²) in [5.41, 5.74) is 2.48. The molecule has 0 saturated carbocycles. The Bertz CT molecular complexity index is 857. The van der Waals surface area contributed by atoms with Crippen molar-refractivity contribution >= 4 is 23.0 Å². The lowest BCUT2D eigenvalue weighted by atomic mass is 10.2. The molecule has 3 aromatic rings. The Hall–Kier alpha value is -3.41. The van der Waals surface area contributed by atoms with E-state index in [-0.39, 0.29) is 18.5 Å². The zero-order chi connectivity index (χ0) is 16.4. The van der Waals surface area contributed by atoms with Crippen LogP contribution in [0.15, 0.2) is 65.3 Å². The molecular formula is C18H14N2O4. The van der Waals surface area contributed by atoms with E-state index < -0.39 is 0 Å². The van der Waals surface area contributed by atoms with Gasteiger partial charge in [-0.15, -0.1) is 0 Å². The maximum atomic E-state index is 11.9. The van der Waals surface area contributed by atoms with Crippen molar-refractivity contribution in [2.24, 2.45) is 0 Å². The minimum absolute atomic E-state index is 0.253. The smallest absolute Gasteiger partial charge is 0.291 e. The van der Waals surface area contributed by atoms with E-state index in [9.17, 15) is 4.79 Å². The molecule has 1 aliphatic rings. The molecule has 6 heteroatoms. The Morgan fingerprint density at radius 1 is 0.875 bits per heavy atom. The summed E-state index contributed by atoms with van der Waals surface area (Å²) in [6.07, 6.45) is 1.47. The Morgan fingerprint density at radius 2 is 1.62 bits per heavy atom. The summed E-state index contributed by atoms with van der Waals surface area (Å²) in [5, 5.41) is 6.05. The largest absolute Gasteiger partial charge is 0.459 e. The van der Waals surface area contributed by atoms with Gasteiger partial charge >= 0.3 is 0 Å². The standard InChI is InChI=1S/C18H14N2O4/c21-18(16-2-1-9-22-16)20-13-5-3-12(4-6-13)19-14-7-8-15-17(10-14)24-11-23-15/h1-10,19H,11H2,(H,20,21). The summed E-state index contributed by atoms with van der Waals surface area (Å²) >= 11 is 0. The summed E-state index contributed by atoms with van der Waals surface area (Å²) in [6.45, 7) is 0.253. The van der Waals surface area contributed by atoms with Crippen LogP contribution in [0.4, 0.5) is 17.1 Å². The minimum Gasteiger partial charge on any atom is -0.459 e. The highest BCUT2D eigenvalue weighted by Crippen LogP contribution is 2.35. The summed E-state index contributed by atoms with van der Waals surface area (Å²) < 4.78 is 15.7. The maximum Gasteiger partial charge on any atom is 0.291 e. The van der Waals surface area contributed by atoms with Gasteiger partial charge in [-0.1, -0.05) is 0 Å². The van der Waals surface area contributed by atoms with Gasteiger partial charge in [0.1, 0.15) is 0 Å². The van der Waals surface area contributed by atoms with Gasteiger partial charge in [-0.05, 0) is 48.5 Å². The van der Waals surface area contributed by atoms with Crippen molar-refractivity contribution < 1.29 is 18.7 Å². The van der Waals surface area contributed by atoms with Gasteiger partial charge in [0.05, 0.1) is 6.26 Å². The molecule has 0 atom stereocenters. The number of carbonyl (C=O) groups is 1. The van der Waals surface area contributed by atoms with E-state index in [4.69, 9.17) is 13.9 Å². The highest BCUT2D eigenvalue weighted by Gasteiger charge is 2.13. The van der Waals surface area contributed by atoms with E-state index in [1.54, 1.807) is 12.1 Å². The zero-order valence-electron chi connectivity index (χ0n) is 12.6. The first kappa shape index (κ1) is 14.2. The Morgan fingerprint density at radius 3 is 2.42 bits per heavy atom. The Balaban J connectivity index is 1.43. The molecule has 1 aliphatic heterocycles. The molecule has 0 radical (unpaired) electrons. The number of rotatable bonds is 4. The summed E-state index contributed by atoms with van der Waals surface area (Å²) in [4.78, 5) is 11.9. The highest BCUT2D eigenvalue weighted by molar-refractivity contribution is 6.02. The van der Waals surface area contributed by atoms with Crippen LogP contribution in [-0.4, -0.2) is 12.7 Å². The third-order valence-corrected chi connectivity index (χ3v) is 3.55. The third kappa shape index (κ3) is 2.89. The van der Waals surface area contributed by atoms with Crippen LogP contribution in [0.2, 0.25) is 0 Å². The SMILES string of the molecule is O=C(Nc1ccc(Nc2ccc3c(c2)OCO3)cc1)c1ccco1. The number of carbonyl (C=O) groups excluding carboxylic acids is 1. The van der Waals surface area contributed by atoms with Crippen molar-refractivity contribution in [3.63, 3.8) is 0 Å². The van der Waals surface area contributed by atoms with Crippen LogP contribution < -0.4 is 20.1 Å². The average molecular weight is 322 g/mol. The number of nitrogens with one attached hydrogen (secondary N) is 2. The molecule has 120 valence electrons. The summed E-state index contributed by atoms with van der Waals surface area (Å²) in [6, 6.07) is 16.3. The number of hydrogen-bond donors (Lipinski definition) is 2. The van der Waals surface area contributed by atoms with E-state index in [1.807, 2.05) is 42.5 Å². The van der Waals surface area contributed by atoms with Crippen molar-refractivity contribution in [3.05, 3.63) is 66.6 Å². The van der Waals surface area contributed by atoms with Crippen molar-refractivity contribution in [3.8, 4) is 11.5 Å². The van der Waals surface area contributed by atoms with E-state index >= 15 is 0 Å². The van der Waals surface area contributed by atoms with Crippen LogP contribution in [0.1, 0.15) is 10.6 Å².